The third-order valence-corrected chi connectivity index (χ3v) is 5.19. The Hall–Kier alpha value is -0.390. The highest BCUT2D eigenvalue weighted by Crippen LogP contribution is 2.16. The van der Waals surface area contributed by atoms with E-state index in [-0.39, 0.29) is 5.92 Å². The summed E-state index contributed by atoms with van der Waals surface area (Å²) >= 11 is 3.33. The fraction of sp³-hybridized carbons (Fsp3) is 0.500. The fourth-order valence-electron chi connectivity index (χ4n) is 1.49. The predicted molar refractivity (Wildman–Crippen MR) is 74.1 cm³/mol. The molecule has 5 heteroatoms. The molecule has 1 atom stereocenters. The fourth-order valence-corrected chi connectivity index (χ4v) is 3.10. The molecule has 17 heavy (non-hydrogen) atoms. The standard InChI is InChI=1S/C12H18BrNO2S/c1-9-4-5-12(11(3)6-9)17(15,16)14-8-10(2)7-13/h4-6,10,14H,7-8H2,1-3H3. The van der Waals surface area contributed by atoms with Gasteiger partial charge < -0.3 is 0 Å². The molecule has 0 fully saturated rings. The van der Waals surface area contributed by atoms with Gasteiger partial charge in [0.25, 0.3) is 0 Å². The summed E-state index contributed by atoms with van der Waals surface area (Å²) < 4.78 is 26.7. The predicted octanol–water partition coefficient (Wildman–Crippen LogP) is 2.61. The van der Waals surface area contributed by atoms with Crippen LogP contribution in [-0.4, -0.2) is 20.3 Å². The van der Waals surface area contributed by atoms with Gasteiger partial charge in [0.05, 0.1) is 4.90 Å². The molecule has 0 aliphatic rings. The molecular weight excluding hydrogens is 302 g/mol. The highest BCUT2D eigenvalue weighted by Gasteiger charge is 2.17. The quantitative estimate of drug-likeness (QED) is 0.848. The Morgan fingerprint density at radius 3 is 2.53 bits per heavy atom. The van der Waals surface area contributed by atoms with E-state index in [4.69, 9.17) is 0 Å². The van der Waals surface area contributed by atoms with E-state index in [1.54, 1.807) is 6.07 Å². The maximum Gasteiger partial charge on any atom is 0.240 e. The molecule has 1 N–H and O–H groups in total. The second-order valence-electron chi connectivity index (χ2n) is 4.38. The number of rotatable bonds is 5. The first-order chi connectivity index (χ1) is 7.86. The van der Waals surface area contributed by atoms with E-state index in [1.807, 2.05) is 32.9 Å². The zero-order valence-corrected chi connectivity index (χ0v) is 12.7. The maximum atomic E-state index is 12.1. The minimum Gasteiger partial charge on any atom is -0.211 e. The number of hydrogen-bond acceptors (Lipinski definition) is 2. The van der Waals surface area contributed by atoms with Crippen molar-refractivity contribution in [2.75, 3.05) is 11.9 Å². The normalized spacial score (nSPS) is 13.6. The molecule has 96 valence electrons. The van der Waals surface area contributed by atoms with Crippen molar-refractivity contribution < 1.29 is 8.42 Å². The Kier molecular flexibility index (Phi) is 5.16. The second kappa shape index (κ2) is 5.98. The third-order valence-electron chi connectivity index (χ3n) is 2.51. The summed E-state index contributed by atoms with van der Waals surface area (Å²) in [5.74, 6) is 0.274. The van der Waals surface area contributed by atoms with Gasteiger partial charge in [0, 0.05) is 11.9 Å². The Bertz CT molecular complexity index is 485. The highest BCUT2D eigenvalue weighted by molar-refractivity contribution is 9.09. The molecular formula is C12H18BrNO2S. The topological polar surface area (TPSA) is 46.2 Å². The van der Waals surface area contributed by atoms with Crippen LogP contribution >= 0.6 is 15.9 Å². The summed E-state index contributed by atoms with van der Waals surface area (Å²) in [6, 6.07) is 5.35. The molecule has 1 aromatic carbocycles. The average Bonchev–Trinajstić information content (AvgIpc) is 2.25. The minimum absolute atomic E-state index is 0.274. The van der Waals surface area contributed by atoms with Crippen LogP contribution in [0.2, 0.25) is 0 Å². The van der Waals surface area contributed by atoms with E-state index in [9.17, 15) is 8.42 Å². The number of benzene rings is 1. The van der Waals surface area contributed by atoms with Gasteiger partial charge in [-0.05, 0) is 31.4 Å². The van der Waals surface area contributed by atoms with Crippen molar-refractivity contribution in [3.05, 3.63) is 29.3 Å². The van der Waals surface area contributed by atoms with E-state index in [1.165, 1.54) is 0 Å². The number of sulfonamides is 1. The van der Waals surface area contributed by atoms with E-state index >= 15 is 0 Å². The van der Waals surface area contributed by atoms with Gasteiger partial charge in [0.2, 0.25) is 10.0 Å². The molecule has 0 bridgehead atoms. The lowest BCUT2D eigenvalue weighted by atomic mass is 10.2. The number of hydrogen-bond donors (Lipinski definition) is 1. The number of nitrogens with one attached hydrogen (secondary N) is 1. The molecule has 0 aliphatic carbocycles. The van der Waals surface area contributed by atoms with Crippen LogP contribution in [0.25, 0.3) is 0 Å². The van der Waals surface area contributed by atoms with Crippen molar-refractivity contribution in [2.45, 2.75) is 25.7 Å². The van der Waals surface area contributed by atoms with Crippen LogP contribution < -0.4 is 4.72 Å². The largest absolute Gasteiger partial charge is 0.240 e. The Morgan fingerprint density at radius 2 is 2.00 bits per heavy atom. The smallest absolute Gasteiger partial charge is 0.211 e. The lowest BCUT2D eigenvalue weighted by molar-refractivity contribution is 0.563. The van der Waals surface area contributed by atoms with Crippen molar-refractivity contribution in [1.29, 1.82) is 0 Å². The molecule has 1 aromatic rings. The third kappa shape index (κ3) is 4.08. The van der Waals surface area contributed by atoms with Crippen molar-refractivity contribution in [3.8, 4) is 0 Å². The summed E-state index contributed by atoms with van der Waals surface area (Å²) in [5, 5.41) is 0.780. The van der Waals surface area contributed by atoms with Crippen LogP contribution in [0.15, 0.2) is 23.1 Å². The molecule has 3 nitrogen and oxygen atoms in total. The summed E-state index contributed by atoms with van der Waals surface area (Å²) in [5.41, 5.74) is 1.85. The maximum absolute atomic E-state index is 12.1. The first-order valence-electron chi connectivity index (χ1n) is 5.49. The summed E-state index contributed by atoms with van der Waals surface area (Å²) in [6.45, 7) is 6.19. The van der Waals surface area contributed by atoms with E-state index < -0.39 is 10.0 Å². The molecule has 1 unspecified atom stereocenters. The van der Waals surface area contributed by atoms with Crippen molar-refractivity contribution >= 4 is 26.0 Å². The number of alkyl halides is 1. The summed E-state index contributed by atoms with van der Waals surface area (Å²) in [6.07, 6.45) is 0. The van der Waals surface area contributed by atoms with Crippen molar-refractivity contribution in [3.63, 3.8) is 0 Å². The van der Waals surface area contributed by atoms with Crippen LogP contribution in [0.4, 0.5) is 0 Å². The van der Waals surface area contributed by atoms with Gasteiger partial charge in [0.1, 0.15) is 0 Å². The summed E-state index contributed by atoms with van der Waals surface area (Å²) in [4.78, 5) is 0.366. The van der Waals surface area contributed by atoms with Gasteiger partial charge in [-0.3, -0.25) is 0 Å². The SMILES string of the molecule is Cc1ccc(S(=O)(=O)NCC(C)CBr)c(C)c1. The monoisotopic (exact) mass is 319 g/mol. The molecule has 0 saturated carbocycles. The first-order valence-corrected chi connectivity index (χ1v) is 8.10. The molecule has 0 saturated heterocycles. The van der Waals surface area contributed by atoms with Crippen molar-refractivity contribution in [2.24, 2.45) is 5.92 Å². The van der Waals surface area contributed by atoms with Gasteiger partial charge in [-0.25, -0.2) is 13.1 Å². The van der Waals surface area contributed by atoms with Crippen LogP contribution in [-0.2, 0) is 10.0 Å². The van der Waals surface area contributed by atoms with Gasteiger partial charge >= 0.3 is 0 Å². The Balaban J connectivity index is 2.90. The molecule has 1 rings (SSSR count). The van der Waals surface area contributed by atoms with Crippen LogP contribution in [0.5, 0.6) is 0 Å². The minimum atomic E-state index is -3.38. The molecule has 0 spiro atoms. The van der Waals surface area contributed by atoms with E-state index in [0.29, 0.717) is 11.4 Å². The highest BCUT2D eigenvalue weighted by atomic mass is 79.9. The van der Waals surface area contributed by atoms with Crippen LogP contribution in [0.3, 0.4) is 0 Å². The number of aryl methyl sites for hydroxylation is 2. The average molecular weight is 320 g/mol. The molecule has 0 amide bonds. The zero-order valence-electron chi connectivity index (χ0n) is 10.3. The van der Waals surface area contributed by atoms with Gasteiger partial charge in [-0.15, -0.1) is 0 Å². The number of halogens is 1. The molecule has 0 heterocycles. The molecule has 0 aliphatic heterocycles. The van der Waals surface area contributed by atoms with Crippen LogP contribution in [0.1, 0.15) is 18.1 Å². The lowest BCUT2D eigenvalue weighted by Crippen LogP contribution is -2.29. The lowest BCUT2D eigenvalue weighted by Gasteiger charge is -2.12. The molecule has 0 aromatic heterocycles. The first kappa shape index (κ1) is 14.7. The van der Waals surface area contributed by atoms with Crippen LogP contribution in [0, 0.1) is 19.8 Å². The van der Waals surface area contributed by atoms with Crippen molar-refractivity contribution in [1.82, 2.24) is 4.72 Å². The Labute approximate surface area is 112 Å². The van der Waals surface area contributed by atoms with Gasteiger partial charge in [-0.2, -0.15) is 0 Å². The second-order valence-corrected chi connectivity index (χ2v) is 6.76. The van der Waals surface area contributed by atoms with E-state index in [2.05, 4.69) is 20.7 Å². The summed E-state index contributed by atoms with van der Waals surface area (Å²) in [7, 11) is -3.38. The van der Waals surface area contributed by atoms with E-state index in [0.717, 1.165) is 16.5 Å². The molecule has 0 radical (unpaired) electrons. The van der Waals surface area contributed by atoms with Gasteiger partial charge in [-0.1, -0.05) is 40.5 Å². The zero-order chi connectivity index (χ0) is 13.1. The van der Waals surface area contributed by atoms with Gasteiger partial charge in [0.15, 0.2) is 0 Å². The Morgan fingerprint density at radius 1 is 1.35 bits per heavy atom.